The van der Waals surface area contributed by atoms with Crippen molar-refractivity contribution in [3.63, 3.8) is 0 Å². The molecule has 2 atom stereocenters. The van der Waals surface area contributed by atoms with E-state index in [0.717, 1.165) is 42.7 Å². The summed E-state index contributed by atoms with van der Waals surface area (Å²) in [6.07, 6.45) is 15.6. The molecule has 0 radical (unpaired) electrons. The minimum Gasteiger partial charge on any atom is -0.494 e. The molecule has 0 amide bonds. The second-order valence-electron chi connectivity index (χ2n) is 12.0. The topological polar surface area (TPSA) is 83.6 Å². The molecule has 1 saturated heterocycles. The van der Waals surface area contributed by atoms with E-state index in [-0.39, 0.29) is 11.9 Å². The van der Waals surface area contributed by atoms with Crippen LogP contribution in [0.25, 0.3) is 11.1 Å². The van der Waals surface area contributed by atoms with E-state index in [0.29, 0.717) is 11.3 Å². The molecular weight excluding hydrogens is 580 g/mol. The van der Waals surface area contributed by atoms with E-state index < -0.39 is 18.4 Å². The molecule has 0 spiro atoms. The zero-order valence-electron chi connectivity index (χ0n) is 27.5. The lowest BCUT2D eigenvalue weighted by atomic mass is 10.0. The lowest BCUT2D eigenvalue weighted by molar-refractivity contribution is 0.0560. The summed E-state index contributed by atoms with van der Waals surface area (Å²) < 4.78 is 27.4. The van der Waals surface area contributed by atoms with Crippen LogP contribution in [0.1, 0.15) is 114 Å². The summed E-state index contributed by atoms with van der Waals surface area (Å²) in [5.41, 5.74) is 2.47. The number of unbranched alkanes of at least 4 members (excludes halogenated alkanes) is 11. The van der Waals surface area contributed by atoms with Gasteiger partial charge in [0.15, 0.2) is 0 Å². The molecule has 0 saturated carbocycles. The Kier molecular flexibility index (Phi) is 14.9. The molecule has 0 aromatic heterocycles. The Hall–Kier alpha value is -3.84. The minimum atomic E-state index is -0.813. The molecule has 248 valence electrons. The second kappa shape index (κ2) is 19.6. The van der Waals surface area contributed by atoms with Crippen LogP contribution in [0.15, 0.2) is 72.8 Å². The third-order valence-corrected chi connectivity index (χ3v) is 8.15. The van der Waals surface area contributed by atoms with Crippen molar-refractivity contribution in [1.82, 2.24) is 0 Å². The largest absolute Gasteiger partial charge is 0.516 e. The molecule has 3 aromatic carbocycles. The molecule has 0 unspecified atom stereocenters. The Morgan fingerprint density at radius 1 is 0.587 bits per heavy atom. The van der Waals surface area contributed by atoms with Crippen molar-refractivity contribution in [2.24, 2.45) is 0 Å². The highest BCUT2D eigenvalue weighted by Crippen LogP contribution is 2.30. The van der Waals surface area contributed by atoms with Crippen molar-refractivity contribution in [2.75, 3.05) is 6.61 Å². The van der Waals surface area contributed by atoms with Gasteiger partial charge in [-0.2, -0.15) is 0 Å². The van der Waals surface area contributed by atoms with E-state index in [9.17, 15) is 9.59 Å². The fraction of sp³-hybridized carbons (Fsp3) is 0.487. The maximum absolute atomic E-state index is 12.7. The SMILES string of the molecule is CCCCCCCCC[C@@H]1O[C@@H]1OC(=O)Oc1ccc(OC(=O)c2ccc(-c3ccc(OCCCCCCCC)cc3)cc2)cc1. The van der Waals surface area contributed by atoms with Gasteiger partial charge in [-0.25, -0.2) is 9.59 Å². The molecule has 0 aliphatic carbocycles. The summed E-state index contributed by atoms with van der Waals surface area (Å²) >= 11 is 0. The third kappa shape index (κ3) is 12.5. The number of carbonyl (C=O) groups is 2. The molecule has 4 rings (SSSR count). The summed E-state index contributed by atoms with van der Waals surface area (Å²) in [5, 5.41) is 0. The Bertz CT molecular complexity index is 1300. The van der Waals surface area contributed by atoms with Crippen LogP contribution in [0.4, 0.5) is 4.79 Å². The lowest BCUT2D eigenvalue weighted by Crippen LogP contribution is -2.14. The number of hydrogen-bond acceptors (Lipinski definition) is 7. The van der Waals surface area contributed by atoms with E-state index in [1.165, 1.54) is 70.6 Å². The van der Waals surface area contributed by atoms with Crippen LogP contribution in [0, 0.1) is 0 Å². The van der Waals surface area contributed by atoms with Crippen molar-refractivity contribution in [3.8, 4) is 28.4 Å². The summed E-state index contributed by atoms with van der Waals surface area (Å²) in [4.78, 5) is 24.9. The molecule has 3 aromatic rings. The molecule has 1 aliphatic heterocycles. The van der Waals surface area contributed by atoms with Gasteiger partial charge >= 0.3 is 12.1 Å². The van der Waals surface area contributed by atoms with Gasteiger partial charge in [0, 0.05) is 0 Å². The fourth-order valence-electron chi connectivity index (χ4n) is 5.31. The number of hydrogen-bond donors (Lipinski definition) is 0. The molecule has 7 nitrogen and oxygen atoms in total. The van der Waals surface area contributed by atoms with Gasteiger partial charge < -0.3 is 23.7 Å². The molecule has 1 aliphatic rings. The van der Waals surface area contributed by atoms with E-state index in [2.05, 4.69) is 13.8 Å². The van der Waals surface area contributed by atoms with Gasteiger partial charge in [-0.1, -0.05) is 115 Å². The monoisotopic (exact) mass is 630 g/mol. The van der Waals surface area contributed by atoms with E-state index >= 15 is 0 Å². The van der Waals surface area contributed by atoms with Crippen LogP contribution in [-0.2, 0) is 9.47 Å². The van der Waals surface area contributed by atoms with Gasteiger partial charge in [-0.15, -0.1) is 0 Å². The van der Waals surface area contributed by atoms with Crippen molar-refractivity contribution >= 4 is 12.1 Å². The first-order valence-corrected chi connectivity index (χ1v) is 17.2. The summed E-state index contributed by atoms with van der Waals surface area (Å²) in [5.74, 6) is 1.02. The molecule has 0 N–H and O–H groups in total. The first kappa shape index (κ1) is 35.0. The summed E-state index contributed by atoms with van der Waals surface area (Å²) in [6.45, 7) is 5.19. The predicted molar refractivity (Wildman–Crippen MR) is 181 cm³/mol. The fourth-order valence-corrected chi connectivity index (χ4v) is 5.31. The zero-order chi connectivity index (χ0) is 32.4. The number of benzene rings is 3. The van der Waals surface area contributed by atoms with E-state index in [1.54, 1.807) is 36.4 Å². The van der Waals surface area contributed by atoms with Crippen molar-refractivity contribution in [2.45, 2.75) is 116 Å². The van der Waals surface area contributed by atoms with Crippen LogP contribution in [0.5, 0.6) is 17.2 Å². The maximum atomic E-state index is 12.7. The number of epoxide rings is 1. The normalized spacial score (nSPS) is 15.3. The molecule has 7 heteroatoms. The third-order valence-electron chi connectivity index (χ3n) is 8.15. The van der Waals surface area contributed by atoms with Crippen LogP contribution < -0.4 is 14.2 Å². The number of ether oxygens (including phenoxy) is 5. The smallest absolute Gasteiger partial charge is 0.494 e. The van der Waals surface area contributed by atoms with E-state index in [4.69, 9.17) is 23.7 Å². The van der Waals surface area contributed by atoms with Crippen molar-refractivity contribution in [3.05, 3.63) is 78.4 Å². The van der Waals surface area contributed by atoms with Crippen LogP contribution in [0.2, 0.25) is 0 Å². The molecule has 1 heterocycles. The average molecular weight is 631 g/mol. The minimum absolute atomic E-state index is 0.0428. The predicted octanol–water partition coefficient (Wildman–Crippen LogP) is 10.7. The van der Waals surface area contributed by atoms with Gasteiger partial charge in [-0.05, 0) is 72.5 Å². The quantitative estimate of drug-likeness (QED) is 0.0381. The summed E-state index contributed by atoms with van der Waals surface area (Å²) in [7, 11) is 0. The van der Waals surface area contributed by atoms with Gasteiger partial charge in [0.1, 0.15) is 23.4 Å². The molecule has 1 fully saturated rings. The van der Waals surface area contributed by atoms with Crippen LogP contribution in [0.3, 0.4) is 0 Å². The molecule has 46 heavy (non-hydrogen) atoms. The Balaban J connectivity index is 1.13. The highest BCUT2D eigenvalue weighted by atomic mass is 16.8. The highest BCUT2D eigenvalue weighted by molar-refractivity contribution is 5.91. The lowest BCUT2D eigenvalue weighted by Gasteiger charge is -2.09. The molecule has 0 bridgehead atoms. The number of rotatable bonds is 21. The standard InChI is InChI=1S/C39H50O7/c1-3-5-7-9-11-12-14-16-36-38(45-36)46-39(41)44-35-27-25-34(26-28-35)43-37(40)32-19-17-30(18-20-32)31-21-23-33(24-22-31)42-29-15-13-10-8-6-4-2/h17-28,36,38H,3-16,29H2,1-2H3/t36-,38+/m0/s1. The van der Waals surface area contributed by atoms with Crippen molar-refractivity contribution < 1.29 is 33.3 Å². The van der Waals surface area contributed by atoms with Crippen LogP contribution in [-0.4, -0.2) is 31.1 Å². The second-order valence-corrected chi connectivity index (χ2v) is 12.0. The Morgan fingerprint density at radius 2 is 1.09 bits per heavy atom. The zero-order valence-corrected chi connectivity index (χ0v) is 27.5. The van der Waals surface area contributed by atoms with Crippen LogP contribution >= 0.6 is 0 Å². The summed E-state index contributed by atoms with van der Waals surface area (Å²) in [6, 6.07) is 21.5. The first-order chi connectivity index (χ1) is 22.6. The number of esters is 1. The van der Waals surface area contributed by atoms with Crippen molar-refractivity contribution in [1.29, 1.82) is 0 Å². The van der Waals surface area contributed by atoms with Gasteiger partial charge in [0.2, 0.25) is 6.29 Å². The van der Waals surface area contributed by atoms with E-state index in [1.807, 2.05) is 36.4 Å². The molecular formula is C39H50O7. The Morgan fingerprint density at radius 3 is 1.70 bits per heavy atom. The first-order valence-electron chi connectivity index (χ1n) is 17.2. The number of carbonyl (C=O) groups excluding carboxylic acids is 2. The van der Waals surface area contributed by atoms with Gasteiger partial charge in [0.25, 0.3) is 0 Å². The van der Waals surface area contributed by atoms with Gasteiger partial charge in [-0.3, -0.25) is 0 Å². The van der Waals surface area contributed by atoms with Gasteiger partial charge in [0.05, 0.1) is 12.2 Å². The average Bonchev–Trinajstić information content (AvgIpc) is 3.82. The Labute approximate surface area is 274 Å². The highest BCUT2D eigenvalue weighted by Gasteiger charge is 2.42. The maximum Gasteiger partial charge on any atom is 0.516 e.